The molecule has 1 atom stereocenters. The van der Waals surface area contributed by atoms with Crippen molar-refractivity contribution in [2.75, 3.05) is 4.31 Å². The molecule has 0 spiro atoms. The van der Waals surface area contributed by atoms with E-state index in [9.17, 15) is 0 Å². The van der Waals surface area contributed by atoms with Gasteiger partial charge in [0.15, 0.2) is 0 Å². The number of aromatic nitrogens is 1. The largest absolute Gasteiger partial charge is 0.311 e. The second-order valence-electron chi connectivity index (χ2n) is 7.12. The minimum absolute atomic E-state index is 0.271. The maximum atomic E-state index is 4.78. The molecule has 0 fully saturated rings. The molecule has 2 heterocycles. The molecule has 1 aromatic heterocycles. The summed E-state index contributed by atoms with van der Waals surface area (Å²) < 4.78 is 4.10. The lowest BCUT2D eigenvalue weighted by Gasteiger charge is -2.22. The van der Waals surface area contributed by atoms with E-state index in [0.29, 0.717) is 0 Å². The fourth-order valence-electron chi connectivity index (χ4n) is 4.07. The molecule has 134 valence electrons. The van der Waals surface area contributed by atoms with Crippen molar-refractivity contribution in [3.8, 4) is 0 Å². The summed E-state index contributed by atoms with van der Waals surface area (Å²) in [5.74, 6) is 0. The van der Waals surface area contributed by atoms with Crippen LogP contribution >= 0.6 is 25.6 Å². The van der Waals surface area contributed by atoms with E-state index in [4.69, 9.17) is 25.6 Å². The molecule has 0 aliphatic carbocycles. The van der Waals surface area contributed by atoms with Crippen molar-refractivity contribution in [3.05, 3.63) is 101 Å². The molecule has 0 saturated heterocycles. The summed E-state index contributed by atoms with van der Waals surface area (Å²) in [4.78, 5) is 0. The van der Waals surface area contributed by atoms with Gasteiger partial charge >= 0.3 is 0 Å². The van der Waals surface area contributed by atoms with Crippen LogP contribution in [-0.2, 0) is 12.8 Å². The predicted molar refractivity (Wildman–Crippen MR) is 120 cm³/mol. The van der Waals surface area contributed by atoms with E-state index < -0.39 is 0 Å². The molecule has 27 heavy (non-hydrogen) atoms. The molecule has 1 aliphatic rings. The summed E-state index contributed by atoms with van der Waals surface area (Å²) in [5.41, 5.74) is 7.53. The van der Waals surface area contributed by atoms with Crippen molar-refractivity contribution >= 4 is 42.2 Å². The molecule has 1 aliphatic heterocycles. The van der Waals surface area contributed by atoms with Gasteiger partial charge in [0.25, 0.3) is 0 Å². The lowest BCUT2D eigenvalue weighted by Crippen LogP contribution is -2.14. The van der Waals surface area contributed by atoms with E-state index in [-0.39, 0.29) is 6.04 Å². The van der Waals surface area contributed by atoms with Crippen molar-refractivity contribution in [3.63, 3.8) is 0 Å². The molecule has 1 unspecified atom stereocenters. The summed E-state index contributed by atoms with van der Waals surface area (Å²) in [5, 5.41) is 1.23. The molecule has 3 aromatic carbocycles. The Morgan fingerprint density at radius 3 is 2.52 bits per heavy atom. The van der Waals surface area contributed by atoms with E-state index in [1.165, 1.54) is 33.5 Å². The Morgan fingerprint density at radius 1 is 0.852 bits per heavy atom. The maximum Gasteiger partial charge on any atom is 0.0694 e. The first-order valence-electron chi connectivity index (χ1n) is 9.14. The zero-order valence-electron chi connectivity index (χ0n) is 14.8. The van der Waals surface area contributed by atoms with Crippen LogP contribution < -0.4 is 4.31 Å². The van der Waals surface area contributed by atoms with Gasteiger partial charge in [0.05, 0.1) is 17.2 Å². The first-order valence-corrected chi connectivity index (χ1v) is 9.94. The van der Waals surface area contributed by atoms with Gasteiger partial charge in [-0.1, -0.05) is 86.3 Å². The van der Waals surface area contributed by atoms with E-state index in [1.54, 1.807) is 0 Å². The molecule has 0 N–H and O–H groups in total. The fourth-order valence-corrected chi connectivity index (χ4v) is 4.79. The number of nitrogens with zero attached hydrogens (tertiary/aromatic N) is 2. The Bertz CT molecular complexity index is 1130. The first-order chi connectivity index (χ1) is 13.2. The van der Waals surface area contributed by atoms with Crippen LogP contribution in [0.3, 0.4) is 0 Å². The highest BCUT2D eigenvalue weighted by atomic mass is 32.1. The third-order valence-electron chi connectivity index (χ3n) is 5.43. The summed E-state index contributed by atoms with van der Waals surface area (Å²) in [7, 11) is 0. The Balaban J connectivity index is 1.45. The molecular formula is C23H20N2S2. The highest BCUT2D eigenvalue weighted by Crippen LogP contribution is 2.41. The van der Waals surface area contributed by atoms with Crippen molar-refractivity contribution in [2.45, 2.75) is 18.9 Å². The molecule has 2 nitrogen and oxygen atoms in total. The van der Waals surface area contributed by atoms with Crippen LogP contribution in [0, 0.1) is 0 Å². The van der Waals surface area contributed by atoms with Gasteiger partial charge in [0, 0.05) is 17.5 Å². The second-order valence-corrected chi connectivity index (χ2v) is 7.95. The van der Waals surface area contributed by atoms with Crippen molar-refractivity contribution in [1.29, 1.82) is 0 Å². The SMILES string of the molecule is SN1c2ccccc2CC1c1cccc(Cc2cc3ccccc3n2S)c1. The Morgan fingerprint density at radius 2 is 1.67 bits per heavy atom. The van der Waals surface area contributed by atoms with Gasteiger partial charge in [0.1, 0.15) is 0 Å². The Hall–Kier alpha value is -2.30. The molecular weight excluding hydrogens is 368 g/mol. The number of fused-ring (bicyclic) bond motifs is 2. The molecule has 5 rings (SSSR count). The van der Waals surface area contributed by atoms with Gasteiger partial charge in [-0.05, 0) is 41.3 Å². The van der Waals surface area contributed by atoms with Crippen molar-refractivity contribution in [2.24, 2.45) is 0 Å². The van der Waals surface area contributed by atoms with Crippen molar-refractivity contribution in [1.82, 2.24) is 3.97 Å². The van der Waals surface area contributed by atoms with Gasteiger partial charge in [-0.2, -0.15) is 0 Å². The van der Waals surface area contributed by atoms with E-state index in [2.05, 4.69) is 83.2 Å². The van der Waals surface area contributed by atoms with Crippen LogP contribution in [0.25, 0.3) is 10.9 Å². The van der Waals surface area contributed by atoms with E-state index >= 15 is 0 Å². The lowest BCUT2D eigenvalue weighted by molar-refractivity contribution is 0.779. The first kappa shape index (κ1) is 16.8. The summed E-state index contributed by atoms with van der Waals surface area (Å²) in [6.07, 6.45) is 1.86. The average molecular weight is 389 g/mol. The summed E-state index contributed by atoms with van der Waals surface area (Å²) in [6, 6.07) is 28.2. The third kappa shape index (κ3) is 2.93. The minimum Gasteiger partial charge on any atom is -0.311 e. The molecule has 0 radical (unpaired) electrons. The molecule has 0 bridgehead atoms. The monoisotopic (exact) mass is 388 g/mol. The summed E-state index contributed by atoms with van der Waals surface area (Å²) in [6.45, 7) is 0. The van der Waals surface area contributed by atoms with Gasteiger partial charge in [0.2, 0.25) is 0 Å². The normalized spacial score (nSPS) is 16.1. The van der Waals surface area contributed by atoms with Gasteiger partial charge in [-0.25, -0.2) is 0 Å². The fraction of sp³-hybridized carbons (Fsp3) is 0.130. The lowest BCUT2D eigenvalue weighted by atomic mass is 9.99. The summed E-state index contributed by atoms with van der Waals surface area (Å²) >= 11 is 9.48. The number of benzene rings is 3. The Labute approximate surface area is 170 Å². The number of rotatable bonds is 3. The van der Waals surface area contributed by atoms with Gasteiger partial charge in [-0.15, -0.1) is 0 Å². The smallest absolute Gasteiger partial charge is 0.0694 e. The number of hydrogen-bond donors (Lipinski definition) is 2. The van der Waals surface area contributed by atoms with Crippen LogP contribution in [-0.4, -0.2) is 3.97 Å². The van der Waals surface area contributed by atoms with Crippen LogP contribution in [0.2, 0.25) is 0 Å². The average Bonchev–Trinajstić information content (AvgIpc) is 3.20. The highest BCUT2D eigenvalue weighted by Gasteiger charge is 2.28. The number of anilines is 1. The van der Waals surface area contributed by atoms with E-state index in [0.717, 1.165) is 18.4 Å². The highest BCUT2D eigenvalue weighted by molar-refractivity contribution is 7.81. The quantitative estimate of drug-likeness (QED) is 0.417. The second kappa shape index (κ2) is 6.70. The maximum absolute atomic E-state index is 4.78. The van der Waals surface area contributed by atoms with Gasteiger partial charge in [-0.3, -0.25) is 3.97 Å². The van der Waals surface area contributed by atoms with Crippen LogP contribution in [0.1, 0.15) is 28.4 Å². The van der Waals surface area contributed by atoms with E-state index in [1.807, 2.05) is 3.97 Å². The third-order valence-corrected chi connectivity index (χ3v) is 6.39. The van der Waals surface area contributed by atoms with Crippen LogP contribution in [0.5, 0.6) is 0 Å². The van der Waals surface area contributed by atoms with Crippen molar-refractivity contribution < 1.29 is 0 Å². The predicted octanol–water partition coefficient (Wildman–Crippen LogP) is 5.87. The topological polar surface area (TPSA) is 8.17 Å². The van der Waals surface area contributed by atoms with Crippen LogP contribution in [0.4, 0.5) is 5.69 Å². The standard InChI is InChI=1S/C23H20N2S2/c26-24-20(14-18-7-1-3-10-21(18)24)13-16-6-5-9-17(12-16)23-15-19-8-2-4-11-22(19)25(23)27/h1-12,14,23,26-27H,13,15H2. The van der Waals surface area contributed by atoms with Gasteiger partial charge < -0.3 is 4.31 Å². The molecule has 0 saturated carbocycles. The molecule has 0 amide bonds. The molecule has 4 aromatic rings. The minimum atomic E-state index is 0.271. The van der Waals surface area contributed by atoms with Crippen LogP contribution in [0.15, 0.2) is 78.9 Å². The number of thiol groups is 2. The number of para-hydroxylation sites is 2. The zero-order valence-corrected chi connectivity index (χ0v) is 16.6. The zero-order chi connectivity index (χ0) is 18.4. The number of hydrogen-bond acceptors (Lipinski definition) is 3. The molecule has 4 heteroatoms. The Kier molecular flexibility index (Phi) is 4.18.